The van der Waals surface area contributed by atoms with Crippen molar-refractivity contribution in [3.63, 3.8) is 0 Å². The first kappa shape index (κ1) is 22.7. The van der Waals surface area contributed by atoms with Crippen LogP contribution in [-0.2, 0) is 6.18 Å². The number of nitrogens with zero attached hydrogens (tertiary/aromatic N) is 3. The molecule has 3 aromatic rings. The summed E-state index contributed by atoms with van der Waals surface area (Å²) in [5.41, 5.74) is 1.79. The molecule has 0 spiro atoms. The highest BCUT2D eigenvalue weighted by Crippen LogP contribution is 2.30. The van der Waals surface area contributed by atoms with Crippen LogP contribution in [0.15, 0.2) is 48.8 Å². The second-order valence-corrected chi connectivity index (χ2v) is 7.07. The number of carbonyl (C=O) groups excluding carboxylic acids is 1. The fourth-order valence-corrected chi connectivity index (χ4v) is 3.02. The Bertz CT molecular complexity index is 1180. The second kappa shape index (κ2) is 9.47. The summed E-state index contributed by atoms with van der Waals surface area (Å²) < 4.78 is 38.6. The number of pyridine rings is 2. The number of carbonyl (C=O) groups is 1. The van der Waals surface area contributed by atoms with Gasteiger partial charge in [0.2, 0.25) is 0 Å². The van der Waals surface area contributed by atoms with Crippen molar-refractivity contribution in [1.82, 2.24) is 9.97 Å². The van der Waals surface area contributed by atoms with E-state index < -0.39 is 17.8 Å². The molecule has 32 heavy (non-hydrogen) atoms. The number of hydrogen-bond donors (Lipinski definition) is 2. The third-order valence-corrected chi connectivity index (χ3v) is 4.67. The van der Waals surface area contributed by atoms with E-state index in [0.29, 0.717) is 35.2 Å². The van der Waals surface area contributed by atoms with Crippen molar-refractivity contribution in [3.05, 3.63) is 71.2 Å². The fraction of sp³-hybridized carbons (Fsp3) is 0.217. The van der Waals surface area contributed by atoms with Crippen LogP contribution in [0.4, 0.5) is 24.7 Å². The summed E-state index contributed by atoms with van der Waals surface area (Å²) >= 11 is 0. The van der Waals surface area contributed by atoms with Crippen LogP contribution in [-0.4, -0.2) is 22.4 Å². The zero-order chi connectivity index (χ0) is 23.3. The molecule has 0 fully saturated rings. The minimum atomic E-state index is -4.64. The van der Waals surface area contributed by atoms with Crippen LogP contribution in [0.2, 0.25) is 0 Å². The summed E-state index contributed by atoms with van der Waals surface area (Å²) in [7, 11) is 0. The maximum absolute atomic E-state index is 12.9. The van der Waals surface area contributed by atoms with E-state index in [9.17, 15) is 23.2 Å². The molecule has 1 aromatic carbocycles. The molecule has 164 valence electrons. The van der Waals surface area contributed by atoms with Crippen LogP contribution < -0.4 is 10.6 Å². The first-order chi connectivity index (χ1) is 15.2. The molecule has 0 bridgehead atoms. The van der Waals surface area contributed by atoms with Gasteiger partial charge >= 0.3 is 6.18 Å². The molecular weight excluding hydrogens is 419 g/mol. The van der Waals surface area contributed by atoms with E-state index >= 15 is 0 Å². The van der Waals surface area contributed by atoms with Crippen molar-refractivity contribution in [3.8, 4) is 17.2 Å². The van der Waals surface area contributed by atoms with Gasteiger partial charge < -0.3 is 10.6 Å². The highest BCUT2D eigenvalue weighted by atomic mass is 19.4. The molecular formula is C23H20F3N5O. The van der Waals surface area contributed by atoms with E-state index in [1.165, 1.54) is 6.07 Å². The van der Waals surface area contributed by atoms with Gasteiger partial charge in [-0.05, 0) is 54.8 Å². The first-order valence-corrected chi connectivity index (χ1v) is 9.82. The van der Waals surface area contributed by atoms with Gasteiger partial charge in [-0.1, -0.05) is 13.0 Å². The molecule has 6 nitrogen and oxygen atoms in total. The van der Waals surface area contributed by atoms with Gasteiger partial charge in [-0.25, -0.2) is 4.98 Å². The maximum atomic E-state index is 12.9. The summed E-state index contributed by atoms with van der Waals surface area (Å²) in [6.45, 7) is 4.56. The van der Waals surface area contributed by atoms with Gasteiger partial charge in [0.1, 0.15) is 17.6 Å². The Hall–Kier alpha value is -3.93. The summed E-state index contributed by atoms with van der Waals surface area (Å²) in [6.07, 6.45) is -1.18. The van der Waals surface area contributed by atoms with Crippen molar-refractivity contribution in [1.29, 1.82) is 5.26 Å². The molecule has 0 atom stereocenters. The van der Waals surface area contributed by atoms with Gasteiger partial charge in [-0.3, -0.25) is 9.78 Å². The van der Waals surface area contributed by atoms with Gasteiger partial charge in [0, 0.05) is 35.8 Å². The minimum absolute atomic E-state index is 0.158. The zero-order valence-corrected chi connectivity index (χ0v) is 17.4. The zero-order valence-electron chi connectivity index (χ0n) is 17.4. The van der Waals surface area contributed by atoms with E-state index in [1.54, 1.807) is 30.5 Å². The molecule has 3 rings (SSSR count). The molecule has 0 aliphatic heterocycles. The molecule has 0 saturated heterocycles. The van der Waals surface area contributed by atoms with Gasteiger partial charge in [0.05, 0.1) is 5.56 Å². The standard InChI is InChI=1S/C23H20F3N5O/c1-3-7-29-21-16(12-27)9-17(13-30-21)19-11-18(5-4-14(19)2)31-22(32)15-6-8-28-20(10-15)23(24,25)26/h4-6,8-11,13H,3,7H2,1-2H3,(H,29,30)(H,31,32). The average Bonchev–Trinajstić information content (AvgIpc) is 2.78. The molecule has 0 unspecified atom stereocenters. The maximum Gasteiger partial charge on any atom is 0.433 e. The number of anilines is 2. The smallest absolute Gasteiger partial charge is 0.369 e. The molecule has 2 heterocycles. The highest BCUT2D eigenvalue weighted by Gasteiger charge is 2.33. The largest absolute Gasteiger partial charge is 0.433 e. The lowest BCUT2D eigenvalue weighted by atomic mass is 10.00. The molecule has 2 N–H and O–H groups in total. The van der Waals surface area contributed by atoms with Crippen LogP contribution in [0.3, 0.4) is 0 Å². The summed E-state index contributed by atoms with van der Waals surface area (Å²) in [4.78, 5) is 20.1. The molecule has 0 radical (unpaired) electrons. The number of nitriles is 1. The van der Waals surface area contributed by atoms with E-state index in [1.807, 2.05) is 13.8 Å². The second-order valence-electron chi connectivity index (χ2n) is 7.07. The lowest BCUT2D eigenvalue weighted by molar-refractivity contribution is -0.141. The minimum Gasteiger partial charge on any atom is -0.369 e. The molecule has 1 amide bonds. The Labute approximate surface area is 183 Å². The quantitative estimate of drug-likeness (QED) is 0.535. The van der Waals surface area contributed by atoms with Crippen molar-refractivity contribution < 1.29 is 18.0 Å². The number of aryl methyl sites for hydroxylation is 1. The van der Waals surface area contributed by atoms with Crippen LogP contribution >= 0.6 is 0 Å². The van der Waals surface area contributed by atoms with E-state index in [0.717, 1.165) is 23.7 Å². The number of amides is 1. The number of aromatic nitrogens is 2. The van der Waals surface area contributed by atoms with Crippen molar-refractivity contribution >= 4 is 17.4 Å². The van der Waals surface area contributed by atoms with Crippen molar-refractivity contribution in [2.24, 2.45) is 0 Å². The monoisotopic (exact) mass is 439 g/mol. The molecule has 0 aliphatic carbocycles. The number of halogens is 3. The van der Waals surface area contributed by atoms with E-state index in [2.05, 4.69) is 26.7 Å². The SMILES string of the molecule is CCCNc1ncc(-c2cc(NC(=O)c3ccnc(C(F)(F)F)c3)ccc2C)cc1C#N. The Morgan fingerprint density at radius 3 is 2.62 bits per heavy atom. The van der Waals surface area contributed by atoms with E-state index in [-0.39, 0.29) is 5.56 Å². The predicted molar refractivity (Wildman–Crippen MR) is 115 cm³/mol. The summed E-state index contributed by atoms with van der Waals surface area (Å²) in [5.74, 6) is -0.193. The fourth-order valence-electron chi connectivity index (χ4n) is 3.02. The molecule has 9 heteroatoms. The number of rotatable bonds is 6. The topological polar surface area (TPSA) is 90.7 Å². The Morgan fingerprint density at radius 2 is 1.94 bits per heavy atom. The summed E-state index contributed by atoms with van der Waals surface area (Å²) in [5, 5.41) is 15.2. The van der Waals surface area contributed by atoms with Gasteiger partial charge in [0.25, 0.3) is 5.91 Å². The number of nitrogens with one attached hydrogen (secondary N) is 2. The third-order valence-electron chi connectivity index (χ3n) is 4.67. The molecule has 0 aliphatic rings. The van der Waals surface area contributed by atoms with Crippen molar-refractivity contribution in [2.75, 3.05) is 17.2 Å². The van der Waals surface area contributed by atoms with Crippen LogP contribution in [0, 0.1) is 18.3 Å². The van der Waals surface area contributed by atoms with Gasteiger partial charge in [-0.15, -0.1) is 0 Å². The van der Waals surface area contributed by atoms with E-state index in [4.69, 9.17) is 0 Å². The number of benzene rings is 1. The molecule has 0 saturated carbocycles. The first-order valence-electron chi connectivity index (χ1n) is 9.82. The van der Waals surface area contributed by atoms with Crippen molar-refractivity contribution in [2.45, 2.75) is 26.4 Å². The van der Waals surface area contributed by atoms with Gasteiger partial charge in [-0.2, -0.15) is 18.4 Å². The normalized spacial score (nSPS) is 11.0. The van der Waals surface area contributed by atoms with Crippen LogP contribution in [0.1, 0.15) is 40.5 Å². The summed E-state index contributed by atoms with van der Waals surface area (Å²) in [6, 6.07) is 10.9. The Balaban J connectivity index is 1.88. The number of alkyl halides is 3. The lowest BCUT2D eigenvalue weighted by Crippen LogP contribution is -2.15. The lowest BCUT2D eigenvalue weighted by Gasteiger charge is -2.13. The van der Waals surface area contributed by atoms with Crippen LogP contribution in [0.25, 0.3) is 11.1 Å². The Morgan fingerprint density at radius 1 is 1.16 bits per heavy atom. The average molecular weight is 439 g/mol. The number of hydrogen-bond acceptors (Lipinski definition) is 5. The van der Waals surface area contributed by atoms with Crippen LogP contribution in [0.5, 0.6) is 0 Å². The Kier molecular flexibility index (Phi) is 6.73. The highest BCUT2D eigenvalue weighted by molar-refractivity contribution is 6.04. The van der Waals surface area contributed by atoms with Gasteiger partial charge in [0.15, 0.2) is 0 Å². The predicted octanol–water partition coefficient (Wildman–Crippen LogP) is 5.42. The molecule has 2 aromatic heterocycles. The third kappa shape index (κ3) is 5.21.